The molecule has 2 fully saturated rings. The fourth-order valence-corrected chi connectivity index (χ4v) is 5.88. The lowest BCUT2D eigenvalue weighted by atomic mass is 9.81. The van der Waals surface area contributed by atoms with Crippen LogP contribution < -0.4 is 5.32 Å². The van der Waals surface area contributed by atoms with Gasteiger partial charge in [0.1, 0.15) is 6.04 Å². The molecule has 1 saturated carbocycles. The molecule has 1 aliphatic heterocycles. The van der Waals surface area contributed by atoms with E-state index >= 15 is 0 Å². The standard InChI is InChI=1S/C30H38ClN3O4/c1-33(2)27(22-8-12-25(31)13-9-22)29(36)34-18-16-21(17-19-34)20-10-14-26(15-11-20)32-28(35)23-4-6-24(7-5-23)30(37)38-3/h8-15,21,23-24,27H,4-7,16-19H2,1-3H3,(H,32,35). The first-order valence-corrected chi connectivity index (χ1v) is 13.8. The van der Waals surface area contributed by atoms with Crippen LogP contribution in [0.5, 0.6) is 0 Å². The summed E-state index contributed by atoms with van der Waals surface area (Å²) in [5.41, 5.74) is 2.97. The Labute approximate surface area is 230 Å². The van der Waals surface area contributed by atoms with Crippen molar-refractivity contribution in [2.75, 3.05) is 39.6 Å². The molecule has 1 heterocycles. The van der Waals surface area contributed by atoms with Crippen molar-refractivity contribution in [2.24, 2.45) is 11.8 Å². The number of likely N-dealkylation sites (tertiary alicyclic amines) is 1. The minimum atomic E-state index is -0.331. The van der Waals surface area contributed by atoms with Gasteiger partial charge in [0, 0.05) is 29.7 Å². The highest BCUT2D eigenvalue weighted by atomic mass is 35.5. The van der Waals surface area contributed by atoms with Gasteiger partial charge in [-0.05, 0) is 93.9 Å². The zero-order valence-electron chi connectivity index (χ0n) is 22.5. The minimum Gasteiger partial charge on any atom is -0.469 e. The lowest BCUT2D eigenvalue weighted by Gasteiger charge is -2.36. The van der Waals surface area contributed by atoms with E-state index in [9.17, 15) is 14.4 Å². The Kier molecular flexibility index (Phi) is 9.44. The number of carbonyl (C=O) groups excluding carboxylic acids is 3. The third-order valence-corrected chi connectivity index (χ3v) is 8.28. The quantitative estimate of drug-likeness (QED) is 0.485. The predicted octanol–water partition coefficient (Wildman–Crippen LogP) is 5.27. The lowest BCUT2D eigenvalue weighted by Crippen LogP contribution is -2.44. The summed E-state index contributed by atoms with van der Waals surface area (Å²) in [5, 5.41) is 3.70. The van der Waals surface area contributed by atoms with Gasteiger partial charge in [0.05, 0.1) is 13.0 Å². The van der Waals surface area contributed by atoms with E-state index in [1.165, 1.54) is 12.7 Å². The molecule has 2 aromatic rings. The summed E-state index contributed by atoms with van der Waals surface area (Å²) in [5.74, 6) is 0.186. The Bertz CT molecular complexity index is 1100. The smallest absolute Gasteiger partial charge is 0.308 e. The largest absolute Gasteiger partial charge is 0.469 e. The Morgan fingerprint density at radius 1 is 0.895 bits per heavy atom. The maximum absolute atomic E-state index is 13.4. The van der Waals surface area contributed by atoms with Crippen molar-refractivity contribution in [1.82, 2.24) is 9.80 Å². The molecular weight excluding hydrogens is 502 g/mol. The third kappa shape index (κ3) is 6.75. The van der Waals surface area contributed by atoms with Crippen LogP contribution in [0.4, 0.5) is 5.69 Å². The van der Waals surface area contributed by atoms with Gasteiger partial charge in [0.2, 0.25) is 11.8 Å². The molecule has 1 N–H and O–H groups in total. The van der Waals surface area contributed by atoms with Gasteiger partial charge in [-0.15, -0.1) is 0 Å². The van der Waals surface area contributed by atoms with Crippen molar-refractivity contribution in [2.45, 2.75) is 50.5 Å². The predicted molar refractivity (Wildman–Crippen MR) is 149 cm³/mol. The maximum Gasteiger partial charge on any atom is 0.308 e. The van der Waals surface area contributed by atoms with Crippen molar-refractivity contribution in [3.8, 4) is 0 Å². The first-order chi connectivity index (χ1) is 18.3. The van der Waals surface area contributed by atoms with E-state index in [4.69, 9.17) is 16.3 Å². The number of esters is 1. The van der Waals surface area contributed by atoms with Crippen LogP contribution in [0.15, 0.2) is 48.5 Å². The third-order valence-electron chi connectivity index (χ3n) is 8.02. The Balaban J connectivity index is 1.28. The number of nitrogens with zero attached hydrogens (tertiary/aromatic N) is 2. The van der Waals surface area contributed by atoms with Crippen LogP contribution in [0.1, 0.15) is 61.6 Å². The molecule has 204 valence electrons. The summed E-state index contributed by atoms with van der Waals surface area (Å²) in [6.07, 6.45) is 4.60. The van der Waals surface area contributed by atoms with Crippen LogP contribution in [0.25, 0.3) is 0 Å². The number of carbonyl (C=O) groups is 3. The Morgan fingerprint density at radius 3 is 2.03 bits per heavy atom. The highest BCUT2D eigenvalue weighted by molar-refractivity contribution is 6.30. The van der Waals surface area contributed by atoms with Gasteiger partial charge >= 0.3 is 5.97 Å². The van der Waals surface area contributed by atoms with Crippen LogP contribution >= 0.6 is 11.6 Å². The SMILES string of the molecule is COC(=O)C1CCC(C(=O)Nc2ccc(C3CCN(C(=O)C(c4ccc(Cl)cc4)N(C)C)CC3)cc2)CC1. The molecule has 0 radical (unpaired) electrons. The molecule has 1 atom stereocenters. The number of nitrogens with one attached hydrogen (secondary N) is 1. The van der Waals surface area contributed by atoms with Gasteiger partial charge in [0.25, 0.3) is 0 Å². The molecule has 1 saturated heterocycles. The van der Waals surface area contributed by atoms with Crippen LogP contribution in [0, 0.1) is 11.8 Å². The highest BCUT2D eigenvalue weighted by Crippen LogP contribution is 2.33. The molecule has 0 bridgehead atoms. The van der Waals surface area contributed by atoms with Crippen molar-refractivity contribution in [3.05, 3.63) is 64.7 Å². The van der Waals surface area contributed by atoms with Crippen LogP contribution in [-0.2, 0) is 19.1 Å². The Morgan fingerprint density at radius 2 is 1.47 bits per heavy atom. The molecule has 7 nitrogen and oxygen atoms in total. The molecule has 2 aliphatic rings. The fraction of sp³-hybridized carbons (Fsp3) is 0.500. The summed E-state index contributed by atoms with van der Waals surface area (Å²) in [6.45, 7) is 1.43. The number of anilines is 1. The van der Waals surface area contributed by atoms with Crippen molar-refractivity contribution < 1.29 is 19.1 Å². The lowest BCUT2D eigenvalue weighted by molar-refractivity contribution is -0.147. The zero-order chi connectivity index (χ0) is 27.2. The number of halogens is 1. The molecule has 2 aromatic carbocycles. The second kappa shape index (κ2) is 12.8. The maximum atomic E-state index is 13.4. The molecular formula is C30H38ClN3O4. The van der Waals surface area contributed by atoms with E-state index in [0.29, 0.717) is 49.7 Å². The van der Waals surface area contributed by atoms with Gasteiger partial charge in [-0.2, -0.15) is 0 Å². The molecule has 4 rings (SSSR count). The number of methoxy groups -OCH3 is 1. The average Bonchev–Trinajstić information content (AvgIpc) is 2.94. The average molecular weight is 540 g/mol. The monoisotopic (exact) mass is 539 g/mol. The highest BCUT2D eigenvalue weighted by Gasteiger charge is 2.32. The van der Waals surface area contributed by atoms with E-state index in [-0.39, 0.29) is 35.7 Å². The van der Waals surface area contributed by atoms with E-state index in [1.54, 1.807) is 0 Å². The van der Waals surface area contributed by atoms with Crippen molar-refractivity contribution in [1.29, 1.82) is 0 Å². The van der Waals surface area contributed by atoms with E-state index in [1.807, 2.05) is 60.3 Å². The van der Waals surface area contributed by atoms with E-state index < -0.39 is 0 Å². The summed E-state index contributed by atoms with van der Waals surface area (Å²) >= 11 is 6.04. The Hall–Kier alpha value is -2.90. The number of likely N-dealkylation sites (N-methyl/N-ethyl adjacent to an activating group) is 1. The summed E-state index contributed by atoms with van der Waals surface area (Å²) in [4.78, 5) is 41.8. The van der Waals surface area contributed by atoms with Gasteiger partial charge in [0.15, 0.2) is 0 Å². The van der Waals surface area contributed by atoms with Crippen molar-refractivity contribution >= 4 is 35.1 Å². The topological polar surface area (TPSA) is 79.0 Å². The van der Waals surface area contributed by atoms with Gasteiger partial charge in [-0.1, -0.05) is 35.9 Å². The van der Waals surface area contributed by atoms with E-state index in [2.05, 4.69) is 17.4 Å². The fourth-order valence-electron chi connectivity index (χ4n) is 5.75. The number of amides is 2. The minimum absolute atomic E-state index is 0.0176. The van der Waals surface area contributed by atoms with Gasteiger partial charge in [-0.25, -0.2) is 0 Å². The molecule has 2 amide bonds. The molecule has 0 spiro atoms. The zero-order valence-corrected chi connectivity index (χ0v) is 23.2. The molecule has 38 heavy (non-hydrogen) atoms. The van der Waals surface area contributed by atoms with Gasteiger partial charge in [-0.3, -0.25) is 19.3 Å². The molecule has 8 heteroatoms. The number of benzene rings is 2. The van der Waals surface area contributed by atoms with Crippen LogP contribution in [0.3, 0.4) is 0 Å². The molecule has 1 aliphatic carbocycles. The normalized spacial score (nSPS) is 21.1. The first-order valence-electron chi connectivity index (χ1n) is 13.5. The second-order valence-corrected chi connectivity index (χ2v) is 11.1. The van der Waals surface area contributed by atoms with Crippen LogP contribution in [-0.4, -0.2) is 61.9 Å². The number of hydrogen-bond acceptors (Lipinski definition) is 5. The van der Waals surface area contributed by atoms with Crippen molar-refractivity contribution in [3.63, 3.8) is 0 Å². The van der Waals surface area contributed by atoms with Gasteiger partial charge < -0.3 is 15.0 Å². The number of piperidine rings is 1. The molecule has 1 unspecified atom stereocenters. The number of ether oxygens (including phenoxy) is 1. The summed E-state index contributed by atoms with van der Waals surface area (Å²) in [6, 6.07) is 15.3. The number of hydrogen-bond donors (Lipinski definition) is 1. The second-order valence-electron chi connectivity index (χ2n) is 10.7. The first kappa shape index (κ1) is 28.1. The summed E-state index contributed by atoms with van der Waals surface area (Å²) < 4.78 is 4.84. The molecule has 0 aromatic heterocycles. The van der Waals surface area contributed by atoms with Crippen LogP contribution in [0.2, 0.25) is 5.02 Å². The van der Waals surface area contributed by atoms with E-state index in [0.717, 1.165) is 24.1 Å². The summed E-state index contributed by atoms with van der Waals surface area (Å²) in [7, 11) is 5.27. The number of rotatable bonds is 7.